The Balaban J connectivity index is 1.68. The third-order valence-electron chi connectivity index (χ3n) is 4.33. The lowest BCUT2D eigenvalue weighted by atomic mass is 9.96. The Kier molecular flexibility index (Phi) is 4.62. The zero-order valence-electron chi connectivity index (χ0n) is 10.5. The number of likely N-dealkylation sites (N-methyl/N-ethyl adjacent to an activating group) is 1. The van der Waals surface area contributed by atoms with Gasteiger partial charge in [-0.25, -0.2) is 0 Å². The molecule has 0 spiro atoms. The second-order valence-corrected chi connectivity index (χ2v) is 5.49. The van der Waals surface area contributed by atoms with Crippen LogP contribution in [0.15, 0.2) is 0 Å². The zero-order chi connectivity index (χ0) is 11.4. The van der Waals surface area contributed by atoms with E-state index in [-0.39, 0.29) is 0 Å². The van der Waals surface area contributed by atoms with E-state index in [9.17, 15) is 0 Å². The fourth-order valence-electron chi connectivity index (χ4n) is 3.10. The molecule has 2 aliphatic rings. The van der Waals surface area contributed by atoms with Gasteiger partial charge in [0.25, 0.3) is 0 Å². The normalized spacial score (nSPS) is 32.4. The summed E-state index contributed by atoms with van der Waals surface area (Å²) in [6.45, 7) is 3.15. The molecule has 0 amide bonds. The van der Waals surface area contributed by atoms with Gasteiger partial charge in [0.15, 0.2) is 0 Å². The molecule has 2 atom stereocenters. The van der Waals surface area contributed by atoms with E-state index in [1.54, 1.807) is 0 Å². The summed E-state index contributed by atoms with van der Waals surface area (Å²) in [5.41, 5.74) is 6.13. The van der Waals surface area contributed by atoms with E-state index in [0.717, 1.165) is 19.1 Å². The van der Waals surface area contributed by atoms with Crippen molar-refractivity contribution in [1.82, 2.24) is 4.90 Å². The van der Waals surface area contributed by atoms with Gasteiger partial charge in [-0.3, -0.25) is 0 Å². The molecule has 1 heterocycles. The Labute approximate surface area is 99.3 Å². The molecule has 3 heteroatoms. The van der Waals surface area contributed by atoms with Crippen LogP contribution in [0.1, 0.15) is 38.5 Å². The molecule has 2 unspecified atom stereocenters. The molecule has 1 aliphatic carbocycles. The second kappa shape index (κ2) is 5.99. The molecule has 0 aromatic rings. The zero-order valence-corrected chi connectivity index (χ0v) is 10.5. The Hall–Kier alpha value is -0.120. The van der Waals surface area contributed by atoms with Gasteiger partial charge in [-0.1, -0.05) is 6.42 Å². The van der Waals surface area contributed by atoms with E-state index >= 15 is 0 Å². The summed E-state index contributed by atoms with van der Waals surface area (Å²) in [7, 11) is 2.25. The molecule has 16 heavy (non-hydrogen) atoms. The van der Waals surface area contributed by atoms with Crippen LogP contribution in [0.5, 0.6) is 0 Å². The van der Waals surface area contributed by atoms with Gasteiger partial charge in [-0.15, -0.1) is 0 Å². The summed E-state index contributed by atoms with van der Waals surface area (Å²) in [4.78, 5) is 2.49. The van der Waals surface area contributed by atoms with Gasteiger partial charge in [0, 0.05) is 25.3 Å². The van der Waals surface area contributed by atoms with Crippen molar-refractivity contribution < 1.29 is 4.74 Å². The molecule has 0 bridgehead atoms. The Morgan fingerprint density at radius 3 is 2.56 bits per heavy atom. The van der Waals surface area contributed by atoms with Crippen molar-refractivity contribution in [2.24, 2.45) is 11.7 Å². The summed E-state index contributed by atoms with van der Waals surface area (Å²) in [6.07, 6.45) is 7.66. The van der Waals surface area contributed by atoms with Crippen molar-refractivity contribution in [1.29, 1.82) is 0 Å². The predicted molar refractivity (Wildman–Crippen MR) is 66.4 cm³/mol. The number of rotatable bonds is 4. The van der Waals surface area contributed by atoms with E-state index in [1.165, 1.54) is 45.1 Å². The lowest BCUT2D eigenvalue weighted by Crippen LogP contribution is -2.43. The Morgan fingerprint density at radius 2 is 1.94 bits per heavy atom. The second-order valence-electron chi connectivity index (χ2n) is 5.49. The highest BCUT2D eigenvalue weighted by Gasteiger charge is 2.27. The molecule has 94 valence electrons. The highest BCUT2D eigenvalue weighted by Crippen LogP contribution is 2.24. The fourth-order valence-corrected chi connectivity index (χ4v) is 3.10. The van der Waals surface area contributed by atoms with Crippen LogP contribution < -0.4 is 5.73 Å². The molecule has 0 aromatic carbocycles. The third-order valence-corrected chi connectivity index (χ3v) is 4.33. The Morgan fingerprint density at radius 1 is 1.19 bits per heavy atom. The van der Waals surface area contributed by atoms with Gasteiger partial charge < -0.3 is 15.4 Å². The number of ether oxygens (including phenoxy) is 1. The van der Waals surface area contributed by atoms with Crippen molar-refractivity contribution in [3.05, 3.63) is 0 Å². The number of nitrogens with zero attached hydrogens (tertiary/aromatic N) is 1. The highest BCUT2D eigenvalue weighted by molar-refractivity contribution is 4.87. The van der Waals surface area contributed by atoms with Crippen LogP contribution in [0.3, 0.4) is 0 Å². The maximum atomic E-state index is 6.13. The summed E-state index contributed by atoms with van der Waals surface area (Å²) in [5, 5.41) is 0. The topological polar surface area (TPSA) is 38.5 Å². The summed E-state index contributed by atoms with van der Waals surface area (Å²) in [6, 6.07) is 1.06. The van der Waals surface area contributed by atoms with E-state index in [1.807, 2.05) is 0 Å². The molecule has 0 radical (unpaired) electrons. The first-order chi connectivity index (χ1) is 7.77. The molecule has 2 fully saturated rings. The van der Waals surface area contributed by atoms with Crippen LogP contribution in [0.4, 0.5) is 0 Å². The highest BCUT2D eigenvalue weighted by atomic mass is 16.5. The standard InChI is InChI=1S/C13H26N2O/c1-15(13-4-2-3-12(13)14)8-5-11-6-9-16-10-7-11/h11-13H,2-10,14H2,1H3. The summed E-state index contributed by atoms with van der Waals surface area (Å²) in [5.74, 6) is 0.883. The SMILES string of the molecule is CN(CCC1CCOCC1)C1CCCC1N. The minimum Gasteiger partial charge on any atom is -0.381 e. The first-order valence-electron chi connectivity index (χ1n) is 6.81. The first-order valence-corrected chi connectivity index (χ1v) is 6.81. The van der Waals surface area contributed by atoms with Crippen molar-refractivity contribution in [3.63, 3.8) is 0 Å². The van der Waals surface area contributed by atoms with Gasteiger partial charge in [-0.05, 0) is 51.6 Å². The van der Waals surface area contributed by atoms with Gasteiger partial charge in [0.2, 0.25) is 0 Å². The minimum absolute atomic E-state index is 0.416. The quantitative estimate of drug-likeness (QED) is 0.791. The van der Waals surface area contributed by atoms with E-state index in [4.69, 9.17) is 10.5 Å². The van der Waals surface area contributed by atoms with Gasteiger partial charge in [0.1, 0.15) is 0 Å². The van der Waals surface area contributed by atoms with Crippen LogP contribution in [-0.2, 0) is 4.74 Å². The average Bonchev–Trinajstić information content (AvgIpc) is 2.74. The molecule has 0 aromatic heterocycles. The smallest absolute Gasteiger partial charge is 0.0468 e. The summed E-state index contributed by atoms with van der Waals surface area (Å²) >= 11 is 0. The predicted octanol–water partition coefficient (Wildman–Crippen LogP) is 1.61. The summed E-state index contributed by atoms with van der Waals surface area (Å²) < 4.78 is 5.39. The fraction of sp³-hybridized carbons (Fsp3) is 1.00. The maximum Gasteiger partial charge on any atom is 0.0468 e. The Bertz CT molecular complexity index is 204. The van der Waals surface area contributed by atoms with Crippen LogP contribution in [0.25, 0.3) is 0 Å². The molecule has 1 saturated heterocycles. The number of hydrogen-bond acceptors (Lipinski definition) is 3. The van der Waals surface area contributed by atoms with Crippen LogP contribution >= 0.6 is 0 Å². The third kappa shape index (κ3) is 3.19. The van der Waals surface area contributed by atoms with E-state index < -0.39 is 0 Å². The maximum absolute atomic E-state index is 6.13. The average molecular weight is 226 g/mol. The minimum atomic E-state index is 0.416. The first kappa shape index (κ1) is 12.3. The lowest BCUT2D eigenvalue weighted by Gasteiger charge is -2.30. The van der Waals surface area contributed by atoms with Crippen molar-refractivity contribution in [2.75, 3.05) is 26.8 Å². The molecule has 1 saturated carbocycles. The van der Waals surface area contributed by atoms with Crippen molar-refractivity contribution >= 4 is 0 Å². The van der Waals surface area contributed by atoms with Crippen LogP contribution in [0, 0.1) is 5.92 Å². The van der Waals surface area contributed by atoms with Crippen LogP contribution in [0.2, 0.25) is 0 Å². The molecule has 1 aliphatic heterocycles. The van der Waals surface area contributed by atoms with Gasteiger partial charge >= 0.3 is 0 Å². The number of hydrogen-bond donors (Lipinski definition) is 1. The van der Waals surface area contributed by atoms with Crippen molar-refractivity contribution in [2.45, 2.75) is 50.6 Å². The van der Waals surface area contributed by atoms with Gasteiger partial charge in [-0.2, -0.15) is 0 Å². The number of nitrogens with two attached hydrogens (primary N) is 1. The van der Waals surface area contributed by atoms with Gasteiger partial charge in [0.05, 0.1) is 0 Å². The van der Waals surface area contributed by atoms with E-state index in [0.29, 0.717) is 12.1 Å². The lowest BCUT2D eigenvalue weighted by molar-refractivity contribution is 0.0592. The van der Waals surface area contributed by atoms with E-state index in [2.05, 4.69) is 11.9 Å². The molecular formula is C13H26N2O. The monoisotopic (exact) mass is 226 g/mol. The molecule has 2 rings (SSSR count). The molecular weight excluding hydrogens is 200 g/mol. The van der Waals surface area contributed by atoms with Crippen LogP contribution in [-0.4, -0.2) is 43.8 Å². The largest absolute Gasteiger partial charge is 0.381 e. The molecule has 3 nitrogen and oxygen atoms in total. The van der Waals surface area contributed by atoms with Crippen molar-refractivity contribution in [3.8, 4) is 0 Å². The molecule has 2 N–H and O–H groups in total.